The first-order valence-electron chi connectivity index (χ1n) is 5.37. The summed E-state index contributed by atoms with van der Waals surface area (Å²) in [6.45, 7) is 3.25. The normalized spacial score (nSPS) is 15.2. The molecule has 1 aliphatic rings. The first kappa shape index (κ1) is 9.69. The molecule has 2 N–H and O–H groups in total. The highest BCUT2D eigenvalue weighted by atomic mass is 14.9. The van der Waals surface area contributed by atoms with Crippen LogP contribution in [0.2, 0.25) is 0 Å². The Kier molecular flexibility index (Phi) is 3.17. The van der Waals surface area contributed by atoms with Crippen LogP contribution in [0.25, 0.3) is 0 Å². The minimum atomic E-state index is 1.04. The van der Waals surface area contributed by atoms with Crippen molar-refractivity contribution in [2.24, 2.45) is 0 Å². The zero-order valence-electron chi connectivity index (χ0n) is 8.77. The molecule has 2 nitrogen and oxygen atoms in total. The number of likely N-dealkylation sites (N-methyl/N-ethyl adjacent to an activating group) is 1. The van der Waals surface area contributed by atoms with Crippen molar-refractivity contribution in [3.8, 4) is 0 Å². The lowest BCUT2D eigenvalue weighted by Gasteiger charge is -2.20. The van der Waals surface area contributed by atoms with Gasteiger partial charge in [0.2, 0.25) is 0 Å². The molecule has 1 heterocycles. The molecular weight excluding hydrogens is 172 g/mol. The lowest BCUT2D eigenvalue weighted by atomic mass is 9.94. The van der Waals surface area contributed by atoms with Crippen LogP contribution in [0.15, 0.2) is 18.2 Å². The summed E-state index contributed by atoms with van der Waals surface area (Å²) in [6, 6.07) is 6.68. The molecule has 0 saturated carbocycles. The topological polar surface area (TPSA) is 24.1 Å². The maximum absolute atomic E-state index is 3.41. The minimum Gasteiger partial charge on any atom is -0.319 e. The Morgan fingerprint density at radius 3 is 3.21 bits per heavy atom. The number of benzene rings is 1. The maximum atomic E-state index is 3.41. The van der Waals surface area contributed by atoms with Crippen LogP contribution in [0.1, 0.15) is 16.7 Å². The molecule has 76 valence electrons. The molecule has 0 aromatic heterocycles. The molecule has 0 radical (unpaired) electrons. The van der Waals surface area contributed by atoms with Gasteiger partial charge in [-0.05, 0) is 49.7 Å². The van der Waals surface area contributed by atoms with E-state index in [0.29, 0.717) is 0 Å². The third-order valence-electron chi connectivity index (χ3n) is 2.88. The highest BCUT2D eigenvalue weighted by Crippen LogP contribution is 2.18. The number of fused-ring (bicyclic) bond motifs is 1. The Labute approximate surface area is 85.7 Å². The van der Waals surface area contributed by atoms with E-state index in [9.17, 15) is 0 Å². The summed E-state index contributed by atoms with van der Waals surface area (Å²) in [7, 11) is 2.01. The van der Waals surface area contributed by atoms with Gasteiger partial charge in [0.25, 0.3) is 0 Å². The van der Waals surface area contributed by atoms with Gasteiger partial charge in [-0.2, -0.15) is 0 Å². The summed E-state index contributed by atoms with van der Waals surface area (Å²) in [4.78, 5) is 0. The van der Waals surface area contributed by atoms with E-state index in [1.165, 1.54) is 17.5 Å². The molecule has 0 atom stereocenters. The van der Waals surface area contributed by atoms with Gasteiger partial charge in [0.05, 0.1) is 0 Å². The number of rotatable bonds is 3. The van der Waals surface area contributed by atoms with Gasteiger partial charge in [-0.25, -0.2) is 0 Å². The standard InChI is InChI=1S/C12H18N2/c1-13-7-5-10-3-2-4-11-9-14-8-6-12(10)11/h2-4,13-14H,5-9H2,1H3. The summed E-state index contributed by atoms with van der Waals surface area (Å²) in [6.07, 6.45) is 2.34. The van der Waals surface area contributed by atoms with Gasteiger partial charge in [-0.1, -0.05) is 18.2 Å². The molecule has 2 heteroatoms. The maximum Gasteiger partial charge on any atom is 0.0208 e. The van der Waals surface area contributed by atoms with Crippen LogP contribution in [-0.4, -0.2) is 20.1 Å². The summed E-state index contributed by atoms with van der Waals surface area (Å²) in [5, 5.41) is 6.62. The average molecular weight is 190 g/mol. The Bertz CT molecular complexity index is 307. The Morgan fingerprint density at radius 2 is 2.36 bits per heavy atom. The summed E-state index contributed by atoms with van der Waals surface area (Å²) in [5.41, 5.74) is 4.60. The average Bonchev–Trinajstić information content (AvgIpc) is 2.26. The van der Waals surface area contributed by atoms with Crippen molar-refractivity contribution in [1.29, 1.82) is 0 Å². The Balaban J connectivity index is 2.21. The van der Waals surface area contributed by atoms with Crippen LogP contribution < -0.4 is 10.6 Å². The predicted octanol–water partition coefficient (Wildman–Crippen LogP) is 1.09. The van der Waals surface area contributed by atoms with Gasteiger partial charge < -0.3 is 10.6 Å². The molecule has 0 amide bonds. The van der Waals surface area contributed by atoms with Crippen molar-refractivity contribution < 1.29 is 0 Å². The lowest BCUT2D eigenvalue weighted by molar-refractivity contribution is 0.636. The Morgan fingerprint density at radius 1 is 1.43 bits per heavy atom. The number of nitrogens with one attached hydrogen (secondary N) is 2. The fourth-order valence-corrected chi connectivity index (χ4v) is 2.10. The van der Waals surface area contributed by atoms with Crippen LogP contribution in [0.4, 0.5) is 0 Å². The van der Waals surface area contributed by atoms with Gasteiger partial charge in [0, 0.05) is 6.54 Å². The van der Waals surface area contributed by atoms with Gasteiger partial charge in [-0.3, -0.25) is 0 Å². The molecular formula is C12H18N2. The van der Waals surface area contributed by atoms with E-state index in [0.717, 1.165) is 26.1 Å². The molecule has 0 unspecified atom stereocenters. The summed E-state index contributed by atoms with van der Waals surface area (Å²) in [5.74, 6) is 0. The van der Waals surface area contributed by atoms with Gasteiger partial charge in [0.15, 0.2) is 0 Å². The zero-order chi connectivity index (χ0) is 9.80. The summed E-state index contributed by atoms with van der Waals surface area (Å²) < 4.78 is 0. The van der Waals surface area contributed by atoms with Crippen molar-refractivity contribution in [1.82, 2.24) is 10.6 Å². The fraction of sp³-hybridized carbons (Fsp3) is 0.500. The van der Waals surface area contributed by atoms with Crippen LogP contribution in [-0.2, 0) is 19.4 Å². The molecule has 14 heavy (non-hydrogen) atoms. The third-order valence-corrected chi connectivity index (χ3v) is 2.88. The summed E-state index contributed by atoms with van der Waals surface area (Å²) >= 11 is 0. The van der Waals surface area contributed by atoms with E-state index in [4.69, 9.17) is 0 Å². The van der Waals surface area contributed by atoms with Crippen LogP contribution in [0.3, 0.4) is 0 Å². The van der Waals surface area contributed by atoms with Gasteiger partial charge >= 0.3 is 0 Å². The van der Waals surface area contributed by atoms with Gasteiger partial charge in [-0.15, -0.1) is 0 Å². The van der Waals surface area contributed by atoms with E-state index >= 15 is 0 Å². The van der Waals surface area contributed by atoms with Crippen molar-refractivity contribution in [3.05, 3.63) is 34.9 Å². The van der Waals surface area contributed by atoms with Crippen molar-refractivity contribution >= 4 is 0 Å². The van der Waals surface area contributed by atoms with Crippen LogP contribution >= 0.6 is 0 Å². The molecule has 0 aliphatic carbocycles. The lowest BCUT2D eigenvalue weighted by Crippen LogP contribution is -2.25. The number of hydrogen-bond acceptors (Lipinski definition) is 2. The molecule has 0 spiro atoms. The third kappa shape index (κ3) is 1.97. The molecule has 1 aromatic rings. The second-order valence-corrected chi connectivity index (χ2v) is 3.84. The quantitative estimate of drug-likeness (QED) is 0.745. The second-order valence-electron chi connectivity index (χ2n) is 3.84. The molecule has 1 aliphatic heterocycles. The van der Waals surface area contributed by atoms with Crippen molar-refractivity contribution in [2.45, 2.75) is 19.4 Å². The van der Waals surface area contributed by atoms with E-state index in [-0.39, 0.29) is 0 Å². The van der Waals surface area contributed by atoms with E-state index in [1.807, 2.05) is 7.05 Å². The van der Waals surface area contributed by atoms with Crippen LogP contribution in [0, 0.1) is 0 Å². The largest absolute Gasteiger partial charge is 0.319 e. The van der Waals surface area contributed by atoms with Crippen molar-refractivity contribution in [3.63, 3.8) is 0 Å². The van der Waals surface area contributed by atoms with E-state index in [1.54, 1.807) is 5.56 Å². The monoisotopic (exact) mass is 190 g/mol. The molecule has 1 aromatic carbocycles. The van der Waals surface area contributed by atoms with E-state index in [2.05, 4.69) is 28.8 Å². The SMILES string of the molecule is CNCCc1cccc2c1CCNC2. The Hall–Kier alpha value is -0.860. The first-order chi connectivity index (χ1) is 6.92. The highest BCUT2D eigenvalue weighted by Gasteiger charge is 2.11. The van der Waals surface area contributed by atoms with Crippen LogP contribution in [0.5, 0.6) is 0 Å². The van der Waals surface area contributed by atoms with Crippen molar-refractivity contribution in [2.75, 3.05) is 20.1 Å². The predicted molar refractivity (Wildman–Crippen MR) is 59.5 cm³/mol. The molecule has 0 bridgehead atoms. The minimum absolute atomic E-state index is 1.04. The molecule has 0 fully saturated rings. The fourth-order valence-electron chi connectivity index (χ4n) is 2.10. The molecule has 2 rings (SSSR count). The number of hydrogen-bond donors (Lipinski definition) is 2. The second kappa shape index (κ2) is 4.58. The van der Waals surface area contributed by atoms with E-state index < -0.39 is 0 Å². The molecule has 0 saturated heterocycles. The zero-order valence-corrected chi connectivity index (χ0v) is 8.77. The first-order valence-corrected chi connectivity index (χ1v) is 5.37. The highest BCUT2D eigenvalue weighted by molar-refractivity contribution is 5.37. The smallest absolute Gasteiger partial charge is 0.0208 e. The van der Waals surface area contributed by atoms with Gasteiger partial charge in [0.1, 0.15) is 0 Å².